The van der Waals surface area contributed by atoms with E-state index in [-0.39, 0.29) is 6.61 Å². The maximum atomic E-state index is 11.1. The Kier molecular flexibility index (Phi) is 6.26. The number of hydrogen-bond acceptors (Lipinski definition) is 4. The van der Waals surface area contributed by atoms with E-state index in [1.165, 1.54) is 25.7 Å². The van der Waals surface area contributed by atoms with Crippen LogP contribution in [0.2, 0.25) is 0 Å². The molecule has 3 rings (SSSR count). The lowest BCUT2D eigenvalue weighted by molar-refractivity contribution is -0.0691. The van der Waals surface area contributed by atoms with Crippen LogP contribution < -0.4 is 4.74 Å². The maximum Gasteiger partial charge on any atom is 0.134 e. The van der Waals surface area contributed by atoms with E-state index in [1.807, 2.05) is 30.3 Å². The van der Waals surface area contributed by atoms with Crippen molar-refractivity contribution < 1.29 is 14.6 Å². The molecule has 4 heteroatoms. The van der Waals surface area contributed by atoms with Crippen LogP contribution in [0, 0.1) is 11.3 Å². The number of nitrogens with zero attached hydrogens (tertiary/aromatic N) is 1. The molecule has 0 radical (unpaired) electrons. The van der Waals surface area contributed by atoms with E-state index in [0.29, 0.717) is 31.2 Å². The second-order valence-electron chi connectivity index (χ2n) is 9.22. The van der Waals surface area contributed by atoms with Crippen molar-refractivity contribution in [3.8, 4) is 5.75 Å². The molecule has 1 heterocycles. The summed E-state index contributed by atoms with van der Waals surface area (Å²) >= 11 is 0. The molecule has 1 N–H and O–H groups in total. The monoisotopic (exact) mass is 361 g/mol. The highest BCUT2D eigenvalue weighted by Crippen LogP contribution is 2.39. The van der Waals surface area contributed by atoms with E-state index in [4.69, 9.17) is 9.47 Å². The van der Waals surface area contributed by atoms with Crippen LogP contribution in [-0.2, 0) is 4.74 Å². The molecule has 1 aromatic rings. The van der Waals surface area contributed by atoms with Gasteiger partial charge in [0.2, 0.25) is 0 Å². The summed E-state index contributed by atoms with van der Waals surface area (Å²) in [5, 5.41) is 11.1. The molecule has 1 atom stereocenters. The smallest absolute Gasteiger partial charge is 0.134 e. The van der Waals surface area contributed by atoms with Crippen molar-refractivity contribution in [1.29, 1.82) is 0 Å². The average molecular weight is 362 g/mol. The average Bonchev–Trinajstić information content (AvgIpc) is 2.83. The fourth-order valence-corrected chi connectivity index (χ4v) is 4.39. The summed E-state index contributed by atoms with van der Waals surface area (Å²) in [6.45, 7) is 9.90. The molecule has 0 amide bonds. The highest BCUT2D eigenvalue weighted by Gasteiger charge is 2.38. The van der Waals surface area contributed by atoms with Crippen LogP contribution in [0.25, 0.3) is 0 Å². The Morgan fingerprint density at radius 3 is 2.50 bits per heavy atom. The lowest BCUT2D eigenvalue weighted by atomic mass is 9.71. The van der Waals surface area contributed by atoms with Gasteiger partial charge >= 0.3 is 0 Å². The minimum Gasteiger partial charge on any atom is -0.490 e. The molecule has 1 aromatic carbocycles. The van der Waals surface area contributed by atoms with Crippen LogP contribution in [-0.4, -0.2) is 54.6 Å². The molecular weight excluding hydrogens is 326 g/mol. The Labute approximate surface area is 158 Å². The molecule has 146 valence electrons. The fourth-order valence-electron chi connectivity index (χ4n) is 4.39. The van der Waals surface area contributed by atoms with Crippen LogP contribution >= 0.6 is 0 Å². The molecule has 0 bridgehead atoms. The predicted molar refractivity (Wildman–Crippen MR) is 104 cm³/mol. The summed E-state index contributed by atoms with van der Waals surface area (Å²) in [7, 11) is 0. The number of aliphatic hydroxyl groups is 1. The molecule has 1 aliphatic heterocycles. The number of para-hydroxylation sites is 1. The van der Waals surface area contributed by atoms with Crippen molar-refractivity contribution >= 4 is 0 Å². The molecule has 2 aliphatic rings. The lowest BCUT2D eigenvalue weighted by Gasteiger charge is -2.42. The van der Waals surface area contributed by atoms with Crippen molar-refractivity contribution in [2.75, 3.05) is 32.9 Å². The molecule has 0 aromatic heterocycles. The Morgan fingerprint density at radius 2 is 1.85 bits per heavy atom. The van der Waals surface area contributed by atoms with Gasteiger partial charge in [-0.2, -0.15) is 0 Å². The normalized spacial score (nSPS) is 31.4. The van der Waals surface area contributed by atoms with Crippen LogP contribution in [0.1, 0.15) is 46.5 Å². The van der Waals surface area contributed by atoms with E-state index in [0.717, 1.165) is 18.2 Å². The third-order valence-corrected chi connectivity index (χ3v) is 6.08. The van der Waals surface area contributed by atoms with Crippen molar-refractivity contribution in [2.24, 2.45) is 11.3 Å². The number of rotatable bonds is 4. The quantitative estimate of drug-likeness (QED) is 0.887. The van der Waals surface area contributed by atoms with Gasteiger partial charge in [-0.1, -0.05) is 39.0 Å². The van der Waals surface area contributed by atoms with Crippen LogP contribution in [0.4, 0.5) is 0 Å². The van der Waals surface area contributed by atoms with Crippen molar-refractivity contribution in [3.63, 3.8) is 0 Å². The molecule has 26 heavy (non-hydrogen) atoms. The van der Waals surface area contributed by atoms with E-state index < -0.39 is 5.60 Å². The first-order valence-electron chi connectivity index (χ1n) is 10.1. The van der Waals surface area contributed by atoms with Crippen molar-refractivity contribution in [1.82, 2.24) is 4.90 Å². The highest BCUT2D eigenvalue weighted by molar-refractivity contribution is 5.21. The summed E-state index contributed by atoms with van der Waals surface area (Å²) in [5.41, 5.74) is -0.551. The second-order valence-corrected chi connectivity index (χ2v) is 9.22. The zero-order valence-corrected chi connectivity index (χ0v) is 16.6. The second kappa shape index (κ2) is 8.28. The Bertz CT molecular complexity index is 548. The summed E-state index contributed by atoms with van der Waals surface area (Å²) in [5.74, 6) is 1.60. The van der Waals surface area contributed by atoms with Gasteiger partial charge in [0.05, 0.1) is 13.2 Å². The first-order chi connectivity index (χ1) is 12.4. The number of β-amino-alcohol motifs (C(OH)–C–C–N with tert-alkyl or cyclic N) is 1. The molecule has 1 saturated carbocycles. The minimum absolute atomic E-state index is 0.269. The number of benzene rings is 1. The van der Waals surface area contributed by atoms with Gasteiger partial charge in [0.1, 0.15) is 18.0 Å². The summed E-state index contributed by atoms with van der Waals surface area (Å²) in [6.07, 6.45) is 5.00. The SMILES string of the molecule is CC(C)(C)C1CCC(N2CCOC[C@](O)(COc3ccccc3)C2)CC1. The van der Waals surface area contributed by atoms with Gasteiger partial charge in [-0.25, -0.2) is 0 Å². The largest absolute Gasteiger partial charge is 0.490 e. The first kappa shape index (κ1) is 19.7. The van der Waals surface area contributed by atoms with Gasteiger partial charge in [0.25, 0.3) is 0 Å². The number of ether oxygens (including phenoxy) is 2. The molecule has 1 saturated heterocycles. The molecular formula is C22H35NO3. The van der Waals surface area contributed by atoms with Gasteiger partial charge in [-0.3, -0.25) is 4.90 Å². The summed E-state index contributed by atoms with van der Waals surface area (Å²) in [6, 6.07) is 10.3. The zero-order valence-electron chi connectivity index (χ0n) is 16.6. The van der Waals surface area contributed by atoms with Crippen molar-refractivity contribution in [2.45, 2.75) is 58.1 Å². The fraction of sp³-hybridized carbons (Fsp3) is 0.727. The first-order valence-corrected chi connectivity index (χ1v) is 10.1. The van der Waals surface area contributed by atoms with Gasteiger partial charge < -0.3 is 14.6 Å². The number of hydrogen-bond donors (Lipinski definition) is 1. The van der Waals surface area contributed by atoms with Crippen LogP contribution in [0.5, 0.6) is 5.75 Å². The van der Waals surface area contributed by atoms with E-state index in [1.54, 1.807) is 0 Å². The lowest BCUT2D eigenvalue weighted by Crippen LogP contribution is -2.52. The Balaban J connectivity index is 1.57. The maximum absolute atomic E-state index is 11.1. The zero-order chi connectivity index (χ0) is 18.6. The predicted octanol–water partition coefficient (Wildman–Crippen LogP) is 3.73. The Morgan fingerprint density at radius 1 is 1.15 bits per heavy atom. The van der Waals surface area contributed by atoms with E-state index in [2.05, 4.69) is 25.7 Å². The van der Waals surface area contributed by atoms with Crippen LogP contribution in [0.15, 0.2) is 30.3 Å². The van der Waals surface area contributed by atoms with Crippen molar-refractivity contribution in [3.05, 3.63) is 30.3 Å². The summed E-state index contributed by atoms with van der Waals surface area (Å²) < 4.78 is 11.6. The van der Waals surface area contributed by atoms with Crippen LogP contribution in [0.3, 0.4) is 0 Å². The highest BCUT2D eigenvalue weighted by atomic mass is 16.5. The summed E-state index contributed by atoms with van der Waals surface area (Å²) in [4.78, 5) is 2.44. The third-order valence-electron chi connectivity index (χ3n) is 6.08. The molecule has 0 unspecified atom stereocenters. The Hall–Kier alpha value is -1.10. The van der Waals surface area contributed by atoms with Gasteiger partial charge in [-0.05, 0) is 49.1 Å². The van der Waals surface area contributed by atoms with Gasteiger partial charge in [-0.15, -0.1) is 0 Å². The topological polar surface area (TPSA) is 41.9 Å². The van der Waals surface area contributed by atoms with E-state index in [9.17, 15) is 5.11 Å². The standard InChI is InChI=1S/C22H35NO3/c1-21(2,3)18-9-11-19(12-10-18)23-13-14-25-16-22(24,15-23)17-26-20-7-5-4-6-8-20/h4-8,18-19,24H,9-17H2,1-3H3/t18?,19?,22-/m0/s1. The molecule has 4 nitrogen and oxygen atoms in total. The van der Waals surface area contributed by atoms with E-state index >= 15 is 0 Å². The third kappa shape index (κ3) is 5.21. The molecule has 1 aliphatic carbocycles. The van der Waals surface area contributed by atoms with Gasteiger partial charge in [0, 0.05) is 19.1 Å². The van der Waals surface area contributed by atoms with Gasteiger partial charge in [0.15, 0.2) is 0 Å². The molecule has 0 spiro atoms. The molecule has 2 fully saturated rings. The minimum atomic E-state index is -0.951.